The summed E-state index contributed by atoms with van der Waals surface area (Å²) in [7, 11) is 0. The van der Waals surface area contributed by atoms with Gasteiger partial charge in [0, 0.05) is 22.8 Å². The smallest absolute Gasteiger partial charge is 0.338 e. The molecule has 2 amide bonds. The van der Waals surface area contributed by atoms with Gasteiger partial charge in [0.1, 0.15) is 0 Å². The monoisotopic (exact) mass is 404 g/mol. The van der Waals surface area contributed by atoms with E-state index in [0.29, 0.717) is 11.4 Å². The van der Waals surface area contributed by atoms with E-state index in [2.05, 4.69) is 26.6 Å². The Bertz CT molecular complexity index is 820. The average molecular weight is 405 g/mol. The van der Waals surface area contributed by atoms with E-state index in [-0.39, 0.29) is 11.5 Å². The van der Waals surface area contributed by atoms with Crippen molar-refractivity contribution in [1.82, 2.24) is 0 Å². The first-order valence-electron chi connectivity index (χ1n) is 7.46. The van der Waals surface area contributed by atoms with Gasteiger partial charge in [-0.1, -0.05) is 28.1 Å². The van der Waals surface area contributed by atoms with Crippen LogP contribution in [-0.4, -0.2) is 24.4 Å². The molecular formula is C18H17BrN2O4. The number of hydrogen-bond acceptors (Lipinski definition) is 4. The molecule has 0 radical (unpaired) electrons. The molecule has 130 valence electrons. The molecular weight excluding hydrogens is 388 g/mol. The van der Waals surface area contributed by atoms with E-state index < -0.39 is 18.5 Å². The van der Waals surface area contributed by atoms with Crippen LogP contribution in [0.25, 0.3) is 0 Å². The van der Waals surface area contributed by atoms with Crippen LogP contribution >= 0.6 is 15.9 Å². The molecule has 0 bridgehead atoms. The van der Waals surface area contributed by atoms with E-state index in [9.17, 15) is 14.4 Å². The van der Waals surface area contributed by atoms with Gasteiger partial charge in [0.05, 0.1) is 5.56 Å². The minimum Gasteiger partial charge on any atom is -0.452 e. The van der Waals surface area contributed by atoms with Crippen molar-refractivity contribution in [3.63, 3.8) is 0 Å². The Morgan fingerprint density at radius 3 is 2.44 bits per heavy atom. The van der Waals surface area contributed by atoms with E-state index in [1.807, 2.05) is 13.0 Å². The zero-order valence-corrected chi connectivity index (χ0v) is 15.3. The van der Waals surface area contributed by atoms with Crippen molar-refractivity contribution < 1.29 is 19.1 Å². The lowest BCUT2D eigenvalue weighted by Crippen LogP contribution is -2.21. The third kappa shape index (κ3) is 5.72. The van der Waals surface area contributed by atoms with E-state index in [4.69, 9.17) is 4.74 Å². The van der Waals surface area contributed by atoms with Gasteiger partial charge in [0.25, 0.3) is 5.91 Å². The number of ether oxygens (including phenoxy) is 1. The van der Waals surface area contributed by atoms with Crippen molar-refractivity contribution in [3.05, 3.63) is 58.1 Å². The number of halogens is 1. The quantitative estimate of drug-likeness (QED) is 0.746. The van der Waals surface area contributed by atoms with Crippen LogP contribution in [-0.2, 0) is 14.3 Å². The largest absolute Gasteiger partial charge is 0.452 e. The third-order valence-corrected chi connectivity index (χ3v) is 4.06. The number of anilines is 2. The first kappa shape index (κ1) is 18.7. The van der Waals surface area contributed by atoms with Gasteiger partial charge in [0.2, 0.25) is 5.91 Å². The van der Waals surface area contributed by atoms with E-state index in [0.717, 1.165) is 10.0 Å². The van der Waals surface area contributed by atoms with Gasteiger partial charge < -0.3 is 15.4 Å². The van der Waals surface area contributed by atoms with Crippen LogP contribution in [0.5, 0.6) is 0 Å². The fourth-order valence-electron chi connectivity index (χ4n) is 2.01. The molecule has 2 aromatic carbocycles. The Morgan fingerprint density at radius 1 is 1.04 bits per heavy atom. The molecule has 0 saturated heterocycles. The molecule has 2 rings (SSSR count). The lowest BCUT2D eigenvalue weighted by atomic mass is 10.2. The molecule has 6 nitrogen and oxygen atoms in total. The highest BCUT2D eigenvalue weighted by Gasteiger charge is 2.11. The Kier molecular flexibility index (Phi) is 6.30. The number of carbonyl (C=O) groups excluding carboxylic acids is 3. The number of nitrogens with one attached hydrogen (secondary N) is 2. The van der Waals surface area contributed by atoms with Crippen LogP contribution in [0.1, 0.15) is 22.8 Å². The van der Waals surface area contributed by atoms with Gasteiger partial charge in [-0.15, -0.1) is 0 Å². The predicted molar refractivity (Wildman–Crippen MR) is 98.5 cm³/mol. The number of amides is 2. The Balaban J connectivity index is 1.91. The number of carbonyl (C=O) groups is 3. The summed E-state index contributed by atoms with van der Waals surface area (Å²) in [5.74, 6) is -1.33. The van der Waals surface area contributed by atoms with Crippen molar-refractivity contribution in [2.45, 2.75) is 13.8 Å². The topological polar surface area (TPSA) is 84.5 Å². The summed E-state index contributed by atoms with van der Waals surface area (Å²) < 4.78 is 5.87. The van der Waals surface area contributed by atoms with E-state index in [1.54, 1.807) is 30.3 Å². The van der Waals surface area contributed by atoms with Crippen molar-refractivity contribution in [2.75, 3.05) is 17.2 Å². The third-order valence-electron chi connectivity index (χ3n) is 3.21. The van der Waals surface area contributed by atoms with Crippen LogP contribution in [0.4, 0.5) is 11.4 Å². The molecule has 0 aliphatic heterocycles. The van der Waals surface area contributed by atoms with Crippen molar-refractivity contribution in [1.29, 1.82) is 0 Å². The number of rotatable bonds is 5. The molecule has 0 aliphatic rings. The van der Waals surface area contributed by atoms with Crippen LogP contribution in [0.15, 0.2) is 46.9 Å². The zero-order valence-electron chi connectivity index (χ0n) is 13.8. The molecule has 2 aromatic rings. The molecule has 0 saturated carbocycles. The molecule has 25 heavy (non-hydrogen) atoms. The number of hydrogen-bond donors (Lipinski definition) is 2. The average Bonchev–Trinajstić information content (AvgIpc) is 2.55. The maximum absolute atomic E-state index is 12.0. The lowest BCUT2D eigenvalue weighted by Gasteiger charge is -2.09. The molecule has 0 unspecified atom stereocenters. The standard InChI is InChI=1S/C18H17BrN2O4/c1-11-6-7-15(9-16(11)19)21-17(23)10-25-18(24)13-4-3-5-14(8-13)20-12(2)22/h3-9H,10H2,1-2H3,(H,20,22)(H,21,23). The van der Waals surface area contributed by atoms with Gasteiger partial charge in [-0.2, -0.15) is 0 Å². The highest BCUT2D eigenvalue weighted by molar-refractivity contribution is 9.10. The van der Waals surface area contributed by atoms with Crippen LogP contribution in [0, 0.1) is 6.92 Å². The predicted octanol–water partition coefficient (Wildman–Crippen LogP) is 3.51. The van der Waals surface area contributed by atoms with E-state index >= 15 is 0 Å². The summed E-state index contributed by atoms with van der Waals surface area (Å²) in [6, 6.07) is 11.7. The van der Waals surface area contributed by atoms with Gasteiger partial charge in [0.15, 0.2) is 6.61 Å². The van der Waals surface area contributed by atoms with Crippen LogP contribution in [0.3, 0.4) is 0 Å². The molecule has 0 heterocycles. The van der Waals surface area contributed by atoms with Crippen molar-refractivity contribution in [3.8, 4) is 0 Å². The minimum absolute atomic E-state index is 0.242. The molecule has 0 aromatic heterocycles. The normalized spacial score (nSPS) is 10.0. The summed E-state index contributed by atoms with van der Waals surface area (Å²) in [4.78, 5) is 35.0. The Hall–Kier alpha value is -2.67. The molecule has 0 spiro atoms. The summed E-state index contributed by atoms with van der Waals surface area (Å²) in [5, 5.41) is 5.23. The van der Waals surface area contributed by atoms with Gasteiger partial charge in [-0.05, 0) is 42.8 Å². The molecule has 0 fully saturated rings. The Labute approximate surface area is 153 Å². The second kappa shape index (κ2) is 8.43. The number of benzene rings is 2. The van der Waals surface area contributed by atoms with Gasteiger partial charge in [-0.25, -0.2) is 4.79 Å². The second-order valence-electron chi connectivity index (χ2n) is 5.35. The fraction of sp³-hybridized carbons (Fsp3) is 0.167. The molecule has 0 aliphatic carbocycles. The highest BCUT2D eigenvalue weighted by atomic mass is 79.9. The molecule has 7 heteroatoms. The van der Waals surface area contributed by atoms with Crippen molar-refractivity contribution >= 4 is 45.1 Å². The summed E-state index contributed by atoms with van der Waals surface area (Å²) in [5.41, 5.74) is 2.38. The summed E-state index contributed by atoms with van der Waals surface area (Å²) in [6.07, 6.45) is 0. The van der Waals surface area contributed by atoms with E-state index in [1.165, 1.54) is 13.0 Å². The fourth-order valence-corrected chi connectivity index (χ4v) is 2.39. The van der Waals surface area contributed by atoms with Crippen LogP contribution < -0.4 is 10.6 Å². The maximum Gasteiger partial charge on any atom is 0.338 e. The lowest BCUT2D eigenvalue weighted by molar-refractivity contribution is -0.119. The van der Waals surface area contributed by atoms with Gasteiger partial charge >= 0.3 is 5.97 Å². The van der Waals surface area contributed by atoms with Crippen molar-refractivity contribution in [2.24, 2.45) is 0 Å². The maximum atomic E-state index is 12.0. The summed E-state index contributed by atoms with van der Waals surface area (Å²) in [6.45, 7) is 2.90. The SMILES string of the molecule is CC(=O)Nc1cccc(C(=O)OCC(=O)Nc2ccc(C)c(Br)c2)c1. The first-order valence-corrected chi connectivity index (χ1v) is 8.25. The highest BCUT2D eigenvalue weighted by Crippen LogP contribution is 2.20. The first-order chi connectivity index (χ1) is 11.8. The minimum atomic E-state index is -0.646. The second-order valence-corrected chi connectivity index (χ2v) is 6.20. The summed E-state index contributed by atoms with van der Waals surface area (Å²) >= 11 is 3.39. The number of esters is 1. The number of aryl methyl sites for hydroxylation is 1. The molecule has 2 N–H and O–H groups in total. The molecule has 0 atom stereocenters. The van der Waals surface area contributed by atoms with Gasteiger partial charge in [-0.3, -0.25) is 9.59 Å². The zero-order chi connectivity index (χ0) is 18.4. The van der Waals surface area contributed by atoms with Crippen LogP contribution in [0.2, 0.25) is 0 Å². The Morgan fingerprint density at radius 2 is 1.76 bits per heavy atom.